The molecule has 150 valence electrons. The van der Waals surface area contributed by atoms with E-state index in [2.05, 4.69) is 51.3 Å². The van der Waals surface area contributed by atoms with Crippen LogP contribution in [0.1, 0.15) is 50.6 Å². The Morgan fingerprint density at radius 1 is 1.14 bits per heavy atom. The first kappa shape index (κ1) is 20.1. The fourth-order valence-corrected chi connectivity index (χ4v) is 3.24. The molecule has 2 heterocycles. The van der Waals surface area contributed by atoms with Crippen LogP contribution >= 0.6 is 0 Å². The average Bonchev–Trinajstić information content (AvgIpc) is 3.03. The average molecular weight is 383 g/mol. The Hall–Kier alpha value is -2.67. The maximum atomic E-state index is 6.10. The number of nitrogens with zero attached hydrogens (tertiary/aromatic N) is 4. The van der Waals surface area contributed by atoms with E-state index in [9.17, 15) is 0 Å². The maximum absolute atomic E-state index is 6.10. The Labute approximate surface area is 166 Å². The number of hydrogen-bond acceptors (Lipinski definition) is 6. The van der Waals surface area contributed by atoms with Gasteiger partial charge in [0.05, 0.1) is 6.10 Å². The van der Waals surface area contributed by atoms with Gasteiger partial charge in [-0.2, -0.15) is 0 Å². The quantitative estimate of drug-likeness (QED) is 0.590. The number of rotatable bonds is 9. The lowest BCUT2D eigenvalue weighted by Crippen LogP contribution is -2.12. The molecule has 2 aromatic heterocycles. The fraction of sp³-hybridized carbons (Fsp3) is 0.476. The van der Waals surface area contributed by atoms with Gasteiger partial charge in [0, 0.05) is 19.5 Å². The molecule has 7 nitrogen and oxygen atoms in total. The molecule has 0 aliphatic heterocycles. The first-order valence-corrected chi connectivity index (χ1v) is 9.93. The first-order valence-electron chi connectivity index (χ1n) is 9.93. The summed E-state index contributed by atoms with van der Waals surface area (Å²) >= 11 is 0. The lowest BCUT2D eigenvalue weighted by molar-refractivity contribution is 0.232. The normalized spacial score (nSPS) is 11.5. The Bertz CT molecular complexity index is 917. The number of fused-ring (bicyclic) bond motifs is 1. The number of nitrogens with one attached hydrogen (secondary N) is 1. The molecule has 0 aliphatic carbocycles. The van der Waals surface area contributed by atoms with Crippen molar-refractivity contribution in [2.45, 2.75) is 59.2 Å². The minimum Gasteiger partial charge on any atom is -0.472 e. The van der Waals surface area contributed by atoms with Gasteiger partial charge in [0.1, 0.15) is 16.9 Å². The number of hydrogen-bond donors (Lipinski definition) is 2. The Balaban J connectivity index is 2.07. The van der Waals surface area contributed by atoms with Gasteiger partial charge in [0.25, 0.3) is 5.88 Å². The van der Waals surface area contributed by atoms with Crippen molar-refractivity contribution in [2.75, 3.05) is 12.8 Å². The van der Waals surface area contributed by atoms with E-state index in [-0.39, 0.29) is 6.10 Å². The zero-order valence-corrected chi connectivity index (χ0v) is 17.2. The minimum atomic E-state index is -0.00982. The Morgan fingerprint density at radius 3 is 2.50 bits per heavy atom. The van der Waals surface area contributed by atoms with Crippen molar-refractivity contribution in [3.8, 4) is 5.88 Å². The predicted molar refractivity (Wildman–Crippen MR) is 112 cm³/mol. The van der Waals surface area contributed by atoms with Crippen molar-refractivity contribution in [3.63, 3.8) is 0 Å². The largest absolute Gasteiger partial charge is 0.472 e. The van der Waals surface area contributed by atoms with Crippen molar-refractivity contribution >= 4 is 16.9 Å². The van der Waals surface area contributed by atoms with Gasteiger partial charge < -0.3 is 20.4 Å². The van der Waals surface area contributed by atoms with Crippen LogP contribution in [-0.4, -0.2) is 32.9 Å². The highest BCUT2D eigenvalue weighted by atomic mass is 16.5. The molecular weight excluding hydrogens is 352 g/mol. The van der Waals surface area contributed by atoms with Gasteiger partial charge in [-0.05, 0) is 38.4 Å². The summed E-state index contributed by atoms with van der Waals surface area (Å²) in [6.07, 6.45) is 3.03. The fourth-order valence-electron chi connectivity index (χ4n) is 3.24. The van der Waals surface area contributed by atoms with Crippen LogP contribution in [0.3, 0.4) is 0 Å². The van der Waals surface area contributed by atoms with Crippen molar-refractivity contribution in [1.29, 1.82) is 0 Å². The van der Waals surface area contributed by atoms with Gasteiger partial charge in [-0.25, -0.2) is 4.98 Å². The summed E-state index contributed by atoms with van der Waals surface area (Å²) in [6, 6.07) is 8.61. The second kappa shape index (κ2) is 9.01. The molecule has 0 radical (unpaired) electrons. The molecule has 3 rings (SSSR count). The van der Waals surface area contributed by atoms with Crippen LogP contribution in [0.5, 0.6) is 5.88 Å². The van der Waals surface area contributed by atoms with Crippen molar-refractivity contribution < 1.29 is 4.74 Å². The van der Waals surface area contributed by atoms with Crippen molar-refractivity contribution in [3.05, 3.63) is 41.2 Å². The summed E-state index contributed by atoms with van der Waals surface area (Å²) in [6.45, 7) is 7.67. The van der Waals surface area contributed by atoms with Crippen LogP contribution in [0.2, 0.25) is 0 Å². The van der Waals surface area contributed by atoms with E-state index in [4.69, 9.17) is 15.5 Å². The smallest absolute Gasteiger partial charge is 0.260 e. The summed E-state index contributed by atoms with van der Waals surface area (Å²) in [7, 11) is 1.95. The molecule has 0 unspecified atom stereocenters. The number of benzene rings is 1. The van der Waals surface area contributed by atoms with E-state index in [1.54, 1.807) is 0 Å². The zero-order chi connectivity index (χ0) is 20.1. The molecule has 3 aromatic rings. The maximum Gasteiger partial charge on any atom is 0.260 e. The van der Waals surface area contributed by atoms with Gasteiger partial charge >= 0.3 is 0 Å². The van der Waals surface area contributed by atoms with Crippen molar-refractivity contribution in [1.82, 2.24) is 25.1 Å². The molecule has 1 aromatic carbocycles. The van der Waals surface area contributed by atoms with Crippen LogP contribution in [0, 0.1) is 0 Å². The van der Waals surface area contributed by atoms with Crippen LogP contribution < -0.4 is 15.8 Å². The number of unbranched alkanes of at least 4 members (excludes halogenated alkanes) is 1. The molecule has 0 amide bonds. The molecule has 0 fully saturated rings. The molecule has 0 saturated carbocycles. The minimum absolute atomic E-state index is 0.00982. The van der Waals surface area contributed by atoms with Crippen LogP contribution in [0.4, 0.5) is 5.82 Å². The summed E-state index contributed by atoms with van der Waals surface area (Å²) in [5.41, 5.74) is 10.1. The summed E-state index contributed by atoms with van der Waals surface area (Å²) in [5, 5.41) is 11.4. The molecule has 0 aliphatic rings. The third-order valence-corrected chi connectivity index (χ3v) is 4.59. The molecule has 0 spiro atoms. The summed E-state index contributed by atoms with van der Waals surface area (Å²) < 4.78 is 8.11. The van der Waals surface area contributed by atoms with Gasteiger partial charge in [0.2, 0.25) is 0 Å². The van der Waals surface area contributed by atoms with Gasteiger partial charge in [-0.3, -0.25) is 0 Å². The lowest BCUT2D eigenvalue weighted by Gasteiger charge is -2.14. The second-order valence-electron chi connectivity index (χ2n) is 7.32. The molecule has 3 N–H and O–H groups in total. The van der Waals surface area contributed by atoms with Crippen LogP contribution in [-0.2, 0) is 19.5 Å². The highest BCUT2D eigenvalue weighted by molar-refractivity contribution is 5.88. The molecular formula is C21H30N6O. The standard InChI is InChI=1S/C21H30N6O/c1-5-6-7-17-24-18-19(21(28-14(2)3)26-25-20(18)22)27(17)13-16-10-8-15(9-11-16)12-23-4/h8-11,14,23H,5-7,12-13H2,1-4H3,(H2,22,25). The highest BCUT2D eigenvalue weighted by Gasteiger charge is 2.20. The van der Waals surface area contributed by atoms with Crippen LogP contribution in [0.15, 0.2) is 24.3 Å². The van der Waals surface area contributed by atoms with E-state index in [1.165, 1.54) is 11.1 Å². The number of aromatic nitrogens is 4. The van der Waals surface area contributed by atoms with Gasteiger partial charge in [0.15, 0.2) is 5.82 Å². The number of anilines is 1. The summed E-state index contributed by atoms with van der Waals surface area (Å²) in [4.78, 5) is 4.81. The molecule has 28 heavy (non-hydrogen) atoms. The predicted octanol–water partition coefficient (Wildman–Crippen LogP) is 3.31. The van der Waals surface area contributed by atoms with E-state index >= 15 is 0 Å². The van der Waals surface area contributed by atoms with Crippen molar-refractivity contribution in [2.24, 2.45) is 0 Å². The second-order valence-corrected chi connectivity index (χ2v) is 7.32. The number of imidazole rings is 1. The Kier molecular flexibility index (Phi) is 6.46. The monoisotopic (exact) mass is 382 g/mol. The molecule has 7 heteroatoms. The van der Waals surface area contributed by atoms with E-state index in [0.717, 1.165) is 37.1 Å². The molecule has 0 bridgehead atoms. The summed E-state index contributed by atoms with van der Waals surface area (Å²) in [5.74, 6) is 1.82. The lowest BCUT2D eigenvalue weighted by atomic mass is 10.1. The zero-order valence-electron chi connectivity index (χ0n) is 17.2. The van der Waals surface area contributed by atoms with E-state index in [1.807, 2.05) is 20.9 Å². The third kappa shape index (κ3) is 4.42. The first-order chi connectivity index (χ1) is 13.5. The number of ether oxygens (including phenoxy) is 1. The Morgan fingerprint density at radius 2 is 1.86 bits per heavy atom. The van der Waals surface area contributed by atoms with Gasteiger partial charge in [-0.15, -0.1) is 10.2 Å². The molecule has 0 atom stereocenters. The van der Waals surface area contributed by atoms with E-state index < -0.39 is 0 Å². The highest BCUT2D eigenvalue weighted by Crippen LogP contribution is 2.29. The third-order valence-electron chi connectivity index (χ3n) is 4.59. The molecule has 0 saturated heterocycles. The van der Waals surface area contributed by atoms with Crippen LogP contribution in [0.25, 0.3) is 11.0 Å². The number of nitrogen functional groups attached to an aromatic ring is 1. The van der Waals surface area contributed by atoms with E-state index in [0.29, 0.717) is 23.8 Å². The topological polar surface area (TPSA) is 90.9 Å². The SMILES string of the molecule is CCCCc1nc2c(N)nnc(OC(C)C)c2n1Cc1ccc(CNC)cc1. The number of nitrogens with two attached hydrogens (primary N) is 1. The van der Waals surface area contributed by atoms with Gasteiger partial charge in [-0.1, -0.05) is 37.6 Å². The number of aryl methyl sites for hydroxylation is 1.